The van der Waals surface area contributed by atoms with Gasteiger partial charge in [0.1, 0.15) is 0 Å². The van der Waals surface area contributed by atoms with Gasteiger partial charge in [-0.25, -0.2) is 0 Å². The summed E-state index contributed by atoms with van der Waals surface area (Å²) in [4.78, 5) is 2.74. The van der Waals surface area contributed by atoms with E-state index >= 15 is 0 Å². The summed E-state index contributed by atoms with van der Waals surface area (Å²) in [6, 6.07) is 9.51. The lowest BCUT2D eigenvalue weighted by atomic mass is 9.84. The molecule has 0 aliphatic carbocycles. The first-order chi connectivity index (χ1) is 9.63. The van der Waals surface area contributed by atoms with Gasteiger partial charge in [-0.15, -0.1) is 0 Å². The Kier molecular flexibility index (Phi) is 4.02. The van der Waals surface area contributed by atoms with Crippen molar-refractivity contribution in [2.75, 3.05) is 25.0 Å². The second kappa shape index (κ2) is 5.77. The number of nitrogens with zero attached hydrogens (tertiary/aromatic N) is 1. The number of para-hydroxylation sites is 1. The van der Waals surface area contributed by atoms with Crippen LogP contribution in [0.5, 0.6) is 0 Å². The highest BCUT2D eigenvalue weighted by Gasteiger charge is 2.30. The van der Waals surface area contributed by atoms with Gasteiger partial charge in [-0.05, 0) is 49.1 Å². The second-order valence-electron chi connectivity index (χ2n) is 7.12. The van der Waals surface area contributed by atoms with Crippen LogP contribution in [0.1, 0.15) is 32.8 Å². The number of piperidine rings is 1. The van der Waals surface area contributed by atoms with Gasteiger partial charge in [-0.1, -0.05) is 32.0 Å². The second-order valence-corrected chi connectivity index (χ2v) is 7.12. The molecule has 20 heavy (non-hydrogen) atoms. The number of likely N-dealkylation sites (tertiary alicyclic amines) is 1. The normalized spacial score (nSPS) is 34.4. The summed E-state index contributed by atoms with van der Waals surface area (Å²) in [7, 11) is 0. The molecule has 2 heterocycles. The molecule has 4 atom stereocenters. The summed E-state index contributed by atoms with van der Waals surface area (Å²) >= 11 is 0. The van der Waals surface area contributed by atoms with E-state index in [1.54, 1.807) is 0 Å². The van der Waals surface area contributed by atoms with Crippen LogP contribution >= 0.6 is 0 Å². The minimum atomic E-state index is 0.739. The van der Waals surface area contributed by atoms with Crippen LogP contribution in [0.4, 0.5) is 5.69 Å². The Bertz CT molecular complexity index is 456. The van der Waals surface area contributed by atoms with Gasteiger partial charge in [-0.3, -0.25) is 4.90 Å². The number of rotatable bonds is 2. The first kappa shape index (κ1) is 13.9. The number of hydrogen-bond acceptors (Lipinski definition) is 2. The first-order valence-corrected chi connectivity index (χ1v) is 8.19. The minimum Gasteiger partial charge on any atom is -0.384 e. The van der Waals surface area contributed by atoms with E-state index in [4.69, 9.17) is 0 Å². The van der Waals surface area contributed by atoms with Crippen LogP contribution in [-0.4, -0.2) is 30.6 Å². The quantitative estimate of drug-likeness (QED) is 0.884. The molecule has 1 aromatic carbocycles. The molecule has 1 saturated heterocycles. The third-order valence-corrected chi connectivity index (χ3v) is 5.32. The van der Waals surface area contributed by atoms with E-state index in [1.165, 1.54) is 37.2 Å². The summed E-state index contributed by atoms with van der Waals surface area (Å²) in [6.07, 6.45) is 2.62. The van der Waals surface area contributed by atoms with Crippen molar-refractivity contribution in [2.24, 2.45) is 17.8 Å². The van der Waals surface area contributed by atoms with Crippen molar-refractivity contribution in [3.05, 3.63) is 29.8 Å². The highest BCUT2D eigenvalue weighted by Crippen LogP contribution is 2.30. The van der Waals surface area contributed by atoms with Gasteiger partial charge in [0.2, 0.25) is 0 Å². The molecule has 0 bridgehead atoms. The highest BCUT2D eigenvalue weighted by molar-refractivity contribution is 5.53. The molecule has 2 aliphatic heterocycles. The van der Waals surface area contributed by atoms with Crippen LogP contribution in [0, 0.1) is 17.8 Å². The molecular formula is C18H28N2. The fourth-order valence-electron chi connectivity index (χ4n) is 4.04. The largest absolute Gasteiger partial charge is 0.384 e. The third-order valence-electron chi connectivity index (χ3n) is 5.32. The Labute approximate surface area is 123 Å². The molecule has 110 valence electrons. The van der Waals surface area contributed by atoms with E-state index < -0.39 is 0 Å². The van der Waals surface area contributed by atoms with Crippen LogP contribution < -0.4 is 5.32 Å². The van der Waals surface area contributed by atoms with E-state index in [1.807, 2.05) is 0 Å². The molecule has 1 fully saturated rings. The molecule has 1 N–H and O–H groups in total. The van der Waals surface area contributed by atoms with E-state index in [0.717, 1.165) is 30.3 Å². The fourth-order valence-corrected chi connectivity index (χ4v) is 4.04. The van der Waals surface area contributed by atoms with Crippen molar-refractivity contribution >= 4 is 5.69 Å². The van der Waals surface area contributed by atoms with Crippen LogP contribution in [0.25, 0.3) is 0 Å². The maximum absolute atomic E-state index is 3.61. The predicted molar refractivity (Wildman–Crippen MR) is 86.1 cm³/mol. The number of anilines is 1. The van der Waals surface area contributed by atoms with E-state index in [2.05, 4.69) is 55.3 Å². The maximum Gasteiger partial charge on any atom is 0.0372 e. The van der Waals surface area contributed by atoms with Crippen LogP contribution in [0.3, 0.4) is 0 Å². The summed E-state index contributed by atoms with van der Waals surface area (Å²) in [6.45, 7) is 10.9. The van der Waals surface area contributed by atoms with Crippen LogP contribution in [0.2, 0.25) is 0 Å². The Morgan fingerprint density at radius 2 is 2.00 bits per heavy atom. The van der Waals surface area contributed by atoms with Crippen molar-refractivity contribution in [3.63, 3.8) is 0 Å². The van der Waals surface area contributed by atoms with Gasteiger partial charge in [0, 0.05) is 31.4 Å². The minimum absolute atomic E-state index is 0.739. The van der Waals surface area contributed by atoms with Crippen LogP contribution in [-0.2, 0) is 6.42 Å². The van der Waals surface area contributed by atoms with Crippen molar-refractivity contribution in [3.8, 4) is 0 Å². The lowest BCUT2D eigenvalue weighted by Gasteiger charge is -2.43. The average Bonchev–Trinajstić information content (AvgIpc) is 2.44. The predicted octanol–water partition coefficient (Wildman–Crippen LogP) is 3.64. The molecule has 0 radical (unpaired) electrons. The molecule has 0 saturated carbocycles. The van der Waals surface area contributed by atoms with Gasteiger partial charge in [-0.2, -0.15) is 0 Å². The standard InChI is InChI=1S/C18H28N2/c1-13-8-14(2)15(3)20(11-13)12-16-9-17-6-4-5-7-18(17)19-10-16/h4-7,13-16,19H,8-12H2,1-3H3. The Morgan fingerprint density at radius 1 is 1.20 bits per heavy atom. The lowest BCUT2D eigenvalue weighted by molar-refractivity contribution is 0.0658. The van der Waals surface area contributed by atoms with E-state index in [0.29, 0.717) is 0 Å². The van der Waals surface area contributed by atoms with Gasteiger partial charge < -0.3 is 5.32 Å². The molecule has 0 amide bonds. The zero-order valence-electron chi connectivity index (χ0n) is 13.1. The fraction of sp³-hybridized carbons (Fsp3) is 0.667. The van der Waals surface area contributed by atoms with Crippen LogP contribution in [0.15, 0.2) is 24.3 Å². The molecule has 0 aromatic heterocycles. The average molecular weight is 272 g/mol. The summed E-state index contributed by atoms with van der Waals surface area (Å²) in [5.74, 6) is 2.44. The Hall–Kier alpha value is -1.02. The zero-order valence-corrected chi connectivity index (χ0v) is 13.1. The smallest absolute Gasteiger partial charge is 0.0372 e. The monoisotopic (exact) mass is 272 g/mol. The summed E-state index contributed by atoms with van der Waals surface area (Å²) < 4.78 is 0. The maximum atomic E-state index is 3.61. The summed E-state index contributed by atoms with van der Waals surface area (Å²) in [5, 5.41) is 3.61. The van der Waals surface area contributed by atoms with Gasteiger partial charge in [0.25, 0.3) is 0 Å². The molecule has 1 aromatic rings. The first-order valence-electron chi connectivity index (χ1n) is 8.19. The number of fused-ring (bicyclic) bond motifs is 1. The number of nitrogens with one attached hydrogen (secondary N) is 1. The van der Waals surface area contributed by atoms with Gasteiger partial charge in [0.05, 0.1) is 0 Å². The Balaban J connectivity index is 1.64. The van der Waals surface area contributed by atoms with Crippen molar-refractivity contribution < 1.29 is 0 Å². The van der Waals surface area contributed by atoms with Gasteiger partial charge in [0.15, 0.2) is 0 Å². The molecule has 4 unspecified atom stereocenters. The SMILES string of the molecule is CC1CC(C)C(C)N(CC2CNc3ccccc3C2)C1. The molecule has 2 nitrogen and oxygen atoms in total. The Morgan fingerprint density at radius 3 is 2.85 bits per heavy atom. The zero-order chi connectivity index (χ0) is 14.1. The van der Waals surface area contributed by atoms with Gasteiger partial charge >= 0.3 is 0 Å². The van der Waals surface area contributed by atoms with Crippen molar-refractivity contribution in [1.29, 1.82) is 0 Å². The molecule has 2 heteroatoms. The highest BCUT2D eigenvalue weighted by atomic mass is 15.2. The molecule has 0 spiro atoms. The molecular weight excluding hydrogens is 244 g/mol. The third kappa shape index (κ3) is 2.85. The van der Waals surface area contributed by atoms with E-state index in [9.17, 15) is 0 Å². The van der Waals surface area contributed by atoms with E-state index in [-0.39, 0.29) is 0 Å². The molecule has 2 aliphatic rings. The number of benzene rings is 1. The van der Waals surface area contributed by atoms with Crippen molar-refractivity contribution in [1.82, 2.24) is 4.90 Å². The topological polar surface area (TPSA) is 15.3 Å². The lowest BCUT2D eigenvalue weighted by Crippen LogP contribution is -2.49. The van der Waals surface area contributed by atoms with Crippen molar-refractivity contribution in [2.45, 2.75) is 39.7 Å². The summed E-state index contributed by atoms with van der Waals surface area (Å²) in [5.41, 5.74) is 2.84. The number of hydrogen-bond donors (Lipinski definition) is 1. The molecule has 3 rings (SSSR count).